The minimum absolute atomic E-state index is 0.163. The Bertz CT molecular complexity index is 838. The van der Waals surface area contributed by atoms with Crippen molar-refractivity contribution in [3.8, 4) is 11.5 Å². The summed E-state index contributed by atoms with van der Waals surface area (Å²) >= 11 is 5.95. The number of hydrogen-bond acceptors (Lipinski definition) is 3. The van der Waals surface area contributed by atoms with Crippen LogP contribution in [0.15, 0.2) is 73.1 Å². The molecule has 4 nitrogen and oxygen atoms in total. The fraction of sp³-hybridized carbons (Fsp3) is 0.0526. The maximum atomic E-state index is 12.0. The SMILES string of the molecule is O=C(NCc1cccc(Oc2cccc(Cl)c2)c1)c1cccnc1. The van der Waals surface area contributed by atoms with E-state index in [2.05, 4.69) is 10.3 Å². The monoisotopic (exact) mass is 338 g/mol. The third kappa shape index (κ3) is 4.33. The van der Waals surface area contributed by atoms with Gasteiger partial charge in [0, 0.05) is 24.0 Å². The molecular formula is C19H15ClN2O2. The second-order valence-corrected chi connectivity index (χ2v) is 5.57. The molecule has 0 aliphatic heterocycles. The quantitative estimate of drug-likeness (QED) is 0.747. The van der Waals surface area contributed by atoms with Crippen molar-refractivity contribution in [1.82, 2.24) is 10.3 Å². The minimum Gasteiger partial charge on any atom is -0.457 e. The van der Waals surface area contributed by atoms with Crippen LogP contribution in [0.2, 0.25) is 5.02 Å². The largest absolute Gasteiger partial charge is 0.457 e. The first kappa shape index (κ1) is 16.0. The Labute approximate surface area is 145 Å². The molecule has 0 aliphatic carbocycles. The van der Waals surface area contributed by atoms with Crippen molar-refractivity contribution in [2.24, 2.45) is 0 Å². The van der Waals surface area contributed by atoms with Gasteiger partial charge in [-0.05, 0) is 48.0 Å². The Hall–Kier alpha value is -2.85. The van der Waals surface area contributed by atoms with Crippen LogP contribution in [-0.4, -0.2) is 10.9 Å². The van der Waals surface area contributed by atoms with Crippen molar-refractivity contribution >= 4 is 17.5 Å². The first-order valence-electron chi connectivity index (χ1n) is 7.41. The van der Waals surface area contributed by atoms with Crippen molar-refractivity contribution in [2.75, 3.05) is 0 Å². The summed E-state index contributed by atoms with van der Waals surface area (Å²) in [5.74, 6) is 1.19. The average Bonchev–Trinajstić information content (AvgIpc) is 2.61. The second-order valence-electron chi connectivity index (χ2n) is 5.13. The summed E-state index contributed by atoms with van der Waals surface area (Å²) in [5.41, 5.74) is 1.47. The van der Waals surface area contributed by atoms with Crippen LogP contribution in [0, 0.1) is 0 Å². The predicted octanol–water partition coefficient (Wildman–Crippen LogP) is 4.46. The molecule has 0 fully saturated rings. The summed E-state index contributed by atoms with van der Waals surface area (Å²) in [6.45, 7) is 0.403. The van der Waals surface area contributed by atoms with Crippen LogP contribution in [0.1, 0.15) is 15.9 Å². The van der Waals surface area contributed by atoms with Gasteiger partial charge in [0.2, 0.25) is 0 Å². The zero-order chi connectivity index (χ0) is 16.8. The van der Waals surface area contributed by atoms with Crippen molar-refractivity contribution in [3.63, 3.8) is 0 Å². The van der Waals surface area contributed by atoms with Crippen LogP contribution in [0.25, 0.3) is 0 Å². The highest BCUT2D eigenvalue weighted by Crippen LogP contribution is 2.24. The summed E-state index contributed by atoms with van der Waals surface area (Å²) in [6, 6.07) is 18.2. The third-order valence-corrected chi connectivity index (χ3v) is 3.54. The Morgan fingerprint density at radius 3 is 2.58 bits per heavy atom. The summed E-state index contributed by atoms with van der Waals surface area (Å²) in [6.07, 6.45) is 3.17. The molecule has 1 amide bonds. The number of hydrogen-bond donors (Lipinski definition) is 1. The smallest absolute Gasteiger partial charge is 0.253 e. The highest BCUT2D eigenvalue weighted by Gasteiger charge is 2.05. The van der Waals surface area contributed by atoms with Crippen molar-refractivity contribution in [2.45, 2.75) is 6.54 Å². The molecule has 1 aromatic heterocycles. The van der Waals surface area contributed by atoms with E-state index in [0.717, 1.165) is 5.56 Å². The predicted molar refractivity (Wildman–Crippen MR) is 93.4 cm³/mol. The van der Waals surface area contributed by atoms with Gasteiger partial charge in [-0.25, -0.2) is 0 Å². The van der Waals surface area contributed by atoms with Crippen LogP contribution in [0.4, 0.5) is 0 Å². The normalized spacial score (nSPS) is 10.2. The van der Waals surface area contributed by atoms with E-state index in [1.807, 2.05) is 36.4 Å². The van der Waals surface area contributed by atoms with E-state index in [1.54, 1.807) is 30.5 Å². The molecule has 0 spiro atoms. The number of carbonyl (C=O) groups is 1. The molecule has 0 aliphatic rings. The van der Waals surface area contributed by atoms with Gasteiger partial charge in [0.25, 0.3) is 5.91 Å². The van der Waals surface area contributed by atoms with E-state index in [9.17, 15) is 4.79 Å². The van der Waals surface area contributed by atoms with Crippen LogP contribution >= 0.6 is 11.6 Å². The topological polar surface area (TPSA) is 51.2 Å². The van der Waals surface area contributed by atoms with Gasteiger partial charge in [-0.15, -0.1) is 0 Å². The number of amides is 1. The van der Waals surface area contributed by atoms with Gasteiger partial charge in [-0.1, -0.05) is 29.8 Å². The van der Waals surface area contributed by atoms with Gasteiger partial charge >= 0.3 is 0 Å². The molecule has 5 heteroatoms. The van der Waals surface area contributed by atoms with E-state index >= 15 is 0 Å². The highest BCUT2D eigenvalue weighted by atomic mass is 35.5. The minimum atomic E-state index is -0.163. The highest BCUT2D eigenvalue weighted by molar-refractivity contribution is 6.30. The van der Waals surface area contributed by atoms with E-state index in [-0.39, 0.29) is 5.91 Å². The molecule has 0 unspecified atom stereocenters. The summed E-state index contributed by atoms with van der Waals surface area (Å²) < 4.78 is 5.78. The lowest BCUT2D eigenvalue weighted by Crippen LogP contribution is -2.22. The molecule has 0 saturated heterocycles. The summed E-state index contributed by atoms with van der Waals surface area (Å²) in [7, 11) is 0. The molecule has 0 bridgehead atoms. The number of aromatic nitrogens is 1. The van der Waals surface area contributed by atoms with Crippen LogP contribution in [-0.2, 0) is 6.54 Å². The Morgan fingerprint density at radius 2 is 1.83 bits per heavy atom. The number of rotatable bonds is 5. The van der Waals surface area contributed by atoms with Crippen LogP contribution in [0.3, 0.4) is 0 Å². The Balaban J connectivity index is 1.64. The number of carbonyl (C=O) groups excluding carboxylic acids is 1. The molecule has 0 saturated carbocycles. The third-order valence-electron chi connectivity index (χ3n) is 3.31. The first-order valence-corrected chi connectivity index (χ1v) is 7.79. The van der Waals surface area contributed by atoms with E-state index in [4.69, 9.17) is 16.3 Å². The molecule has 120 valence electrons. The van der Waals surface area contributed by atoms with E-state index < -0.39 is 0 Å². The standard InChI is InChI=1S/C19H15ClN2O2/c20-16-6-2-8-18(11-16)24-17-7-1-4-14(10-17)12-22-19(23)15-5-3-9-21-13-15/h1-11,13H,12H2,(H,22,23). The maximum absolute atomic E-state index is 12.0. The molecule has 1 heterocycles. The first-order chi connectivity index (χ1) is 11.7. The summed E-state index contributed by atoms with van der Waals surface area (Å²) in [4.78, 5) is 16.0. The molecule has 0 atom stereocenters. The van der Waals surface area contributed by atoms with Crippen molar-refractivity contribution < 1.29 is 9.53 Å². The average molecular weight is 339 g/mol. The second kappa shape index (κ2) is 7.62. The van der Waals surface area contributed by atoms with E-state index in [1.165, 1.54) is 6.20 Å². The van der Waals surface area contributed by atoms with Gasteiger partial charge in [0.05, 0.1) is 5.56 Å². The van der Waals surface area contributed by atoms with Crippen LogP contribution < -0.4 is 10.1 Å². The molecule has 3 aromatic rings. The van der Waals surface area contributed by atoms with Gasteiger partial charge in [0.15, 0.2) is 0 Å². The molecule has 2 aromatic carbocycles. The van der Waals surface area contributed by atoms with Crippen LogP contribution in [0.5, 0.6) is 11.5 Å². The number of halogens is 1. The molecular weight excluding hydrogens is 324 g/mol. The van der Waals surface area contributed by atoms with E-state index in [0.29, 0.717) is 28.6 Å². The Kier molecular flexibility index (Phi) is 5.08. The number of ether oxygens (including phenoxy) is 1. The number of nitrogens with one attached hydrogen (secondary N) is 1. The van der Waals surface area contributed by atoms with Gasteiger partial charge < -0.3 is 10.1 Å². The molecule has 1 N–H and O–H groups in total. The number of benzene rings is 2. The van der Waals surface area contributed by atoms with Crippen molar-refractivity contribution in [3.05, 3.63) is 89.2 Å². The lowest BCUT2D eigenvalue weighted by Gasteiger charge is -2.09. The fourth-order valence-electron chi connectivity index (χ4n) is 2.17. The fourth-order valence-corrected chi connectivity index (χ4v) is 2.35. The summed E-state index contributed by atoms with van der Waals surface area (Å²) in [5, 5.41) is 3.48. The van der Waals surface area contributed by atoms with Gasteiger partial charge in [0.1, 0.15) is 11.5 Å². The van der Waals surface area contributed by atoms with Gasteiger partial charge in [-0.2, -0.15) is 0 Å². The molecule has 0 radical (unpaired) electrons. The zero-order valence-electron chi connectivity index (χ0n) is 12.8. The lowest BCUT2D eigenvalue weighted by molar-refractivity contribution is 0.0950. The Morgan fingerprint density at radius 1 is 1.04 bits per heavy atom. The molecule has 3 rings (SSSR count). The number of nitrogens with zero attached hydrogens (tertiary/aromatic N) is 1. The van der Waals surface area contributed by atoms with Gasteiger partial charge in [-0.3, -0.25) is 9.78 Å². The number of pyridine rings is 1. The molecule has 24 heavy (non-hydrogen) atoms. The van der Waals surface area contributed by atoms with Crippen molar-refractivity contribution in [1.29, 1.82) is 0 Å². The zero-order valence-corrected chi connectivity index (χ0v) is 13.5. The lowest BCUT2D eigenvalue weighted by atomic mass is 10.2. The maximum Gasteiger partial charge on any atom is 0.253 e.